The molecule has 0 spiro atoms. The highest BCUT2D eigenvalue weighted by atomic mass is 35.5. The van der Waals surface area contributed by atoms with Crippen molar-refractivity contribution in [3.8, 4) is 0 Å². The first-order valence-corrected chi connectivity index (χ1v) is 9.11. The van der Waals surface area contributed by atoms with E-state index < -0.39 is 35.0 Å². The summed E-state index contributed by atoms with van der Waals surface area (Å²) in [5.41, 5.74) is 3.90. The Hall–Kier alpha value is -2.81. The molecular weight excluding hydrogens is 409 g/mol. The summed E-state index contributed by atoms with van der Waals surface area (Å²) in [5.74, 6) is -1.10. The van der Waals surface area contributed by atoms with Gasteiger partial charge in [-0.15, -0.1) is 0 Å². The van der Waals surface area contributed by atoms with E-state index in [1.54, 1.807) is 19.1 Å². The quantitative estimate of drug-likeness (QED) is 0.609. The lowest BCUT2D eigenvalue weighted by Crippen LogP contribution is -2.41. The molecule has 4 N–H and O–H groups in total. The summed E-state index contributed by atoms with van der Waals surface area (Å²) in [6, 6.07) is 6.04. The Balaban J connectivity index is 1.71. The van der Waals surface area contributed by atoms with Gasteiger partial charge in [-0.3, -0.25) is 14.6 Å². The number of amides is 2. The van der Waals surface area contributed by atoms with Crippen LogP contribution >= 0.6 is 11.6 Å². The van der Waals surface area contributed by atoms with E-state index >= 15 is 0 Å². The lowest BCUT2D eigenvalue weighted by molar-refractivity contribution is -0.137. The standard InChI is InChI=1S/C19H18ClF3N4O2/c1-10(26-17(29)18(6-7-18)16(24)28)14-5-3-12(9-25-14)27-15-4-2-11(20)8-13(15)19(21,22)23/h2-5,8-10,27H,6-7H2,1H3,(H2,24,28)(H,26,29). The van der Waals surface area contributed by atoms with Gasteiger partial charge >= 0.3 is 6.18 Å². The van der Waals surface area contributed by atoms with E-state index in [0.717, 1.165) is 6.07 Å². The predicted octanol–water partition coefficient (Wildman–Crippen LogP) is 3.94. The van der Waals surface area contributed by atoms with Crippen molar-refractivity contribution in [3.05, 3.63) is 52.8 Å². The van der Waals surface area contributed by atoms with Crippen molar-refractivity contribution in [2.45, 2.75) is 32.0 Å². The van der Waals surface area contributed by atoms with Crippen LogP contribution in [0, 0.1) is 5.41 Å². The molecule has 2 amide bonds. The molecule has 1 atom stereocenters. The number of hydrogen-bond donors (Lipinski definition) is 3. The van der Waals surface area contributed by atoms with Gasteiger partial charge in [0.1, 0.15) is 5.41 Å². The Morgan fingerprint density at radius 3 is 2.45 bits per heavy atom. The molecule has 1 saturated carbocycles. The van der Waals surface area contributed by atoms with Crippen LogP contribution in [0.2, 0.25) is 5.02 Å². The van der Waals surface area contributed by atoms with Crippen LogP contribution in [0.1, 0.15) is 37.1 Å². The minimum absolute atomic E-state index is 0.0229. The average Bonchev–Trinajstić information content (AvgIpc) is 3.45. The molecule has 6 nitrogen and oxygen atoms in total. The van der Waals surface area contributed by atoms with Crippen molar-refractivity contribution in [2.24, 2.45) is 11.1 Å². The summed E-state index contributed by atoms with van der Waals surface area (Å²) in [6.07, 6.45) is -2.38. The molecule has 0 bridgehead atoms. The van der Waals surface area contributed by atoms with E-state index in [1.165, 1.54) is 18.3 Å². The number of pyridine rings is 1. The minimum Gasteiger partial charge on any atom is -0.369 e. The van der Waals surface area contributed by atoms with E-state index in [-0.39, 0.29) is 10.7 Å². The summed E-state index contributed by atoms with van der Waals surface area (Å²) < 4.78 is 39.6. The van der Waals surface area contributed by atoms with E-state index in [2.05, 4.69) is 15.6 Å². The molecule has 10 heteroatoms. The molecular formula is C19H18ClF3N4O2. The lowest BCUT2D eigenvalue weighted by atomic mass is 10.0. The first-order chi connectivity index (χ1) is 13.5. The third-order valence-electron chi connectivity index (χ3n) is 4.80. The van der Waals surface area contributed by atoms with Gasteiger partial charge in [-0.05, 0) is 50.1 Å². The Morgan fingerprint density at radius 2 is 1.93 bits per heavy atom. The fraction of sp³-hybridized carbons (Fsp3) is 0.316. The second kappa shape index (κ2) is 7.55. The van der Waals surface area contributed by atoms with Crippen LogP contribution in [-0.2, 0) is 15.8 Å². The fourth-order valence-electron chi connectivity index (χ4n) is 2.87. The maximum Gasteiger partial charge on any atom is 0.418 e. The van der Waals surface area contributed by atoms with E-state index in [4.69, 9.17) is 17.3 Å². The molecule has 1 fully saturated rings. The summed E-state index contributed by atoms with van der Waals surface area (Å²) in [7, 11) is 0. The first-order valence-electron chi connectivity index (χ1n) is 8.73. The lowest BCUT2D eigenvalue weighted by Gasteiger charge is -2.18. The van der Waals surface area contributed by atoms with Crippen molar-refractivity contribution in [1.82, 2.24) is 10.3 Å². The smallest absolute Gasteiger partial charge is 0.369 e. The third-order valence-corrected chi connectivity index (χ3v) is 5.04. The maximum atomic E-state index is 13.2. The number of hydrogen-bond acceptors (Lipinski definition) is 4. The van der Waals surface area contributed by atoms with Crippen LogP contribution in [0.15, 0.2) is 36.5 Å². The summed E-state index contributed by atoms with van der Waals surface area (Å²) >= 11 is 5.68. The van der Waals surface area contributed by atoms with Crippen LogP contribution in [0.4, 0.5) is 24.5 Å². The molecule has 2 aromatic rings. The van der Waals surface area contributed by atoms with Gasteiger partial charge < -0.3 is 16.4 Å². The summed E-state index contributed by atoms with van der Waals surface area (Å²) in [5, 5.41) is 5.35. The van der Waals surface area contributed by atoms with Gasteiger partial charge in [0.2, 0.25) is 11.8 Å². The molecule has 1 aromatic heterocycles. The van der Waals surface area contributed by atoms with Crippen molar-refractivity contribution in [3.63, 3.8) is 0 Å². The van der Waals surface area contributed by atoms with Crippen LogP contribution in [-0.4, -0.2) is 16.8 Å². The third kappa shape index (κ3) is 4.45. The zero-order chi connectivity index (χ0) is 21.4. The Kier molecular flexibility index (Phi) is 5.44. The predicted molar refractivity (Wildman–Crippen MR) is 101 cm³/mol. The number of nitrogens with two attached hydrogens (primary N) is 1. The second-order valence-corrected chi connectivity index (χ2v) is 7.36. The van der Waals surface area contributed by atoms with Gasteiger partial charge in [0, 0.05) is 5.02 Å². The topological polar surface area (TPSA) is 97.1 Å². The first kappa shape index (κ1) is 20.9. The minimum atomic E-state index is -4.57. The molecule has 0 aliphatic heterocycles. The van der Waals surface area contributed by atoms with E-state index in [9.17, 15) is 22.8 Å². The van der Waals surface area contributed by atoms with Crippen LogP contribution < -0.4 is 16.4 Å². The zero-order valence-electron chi connectivity index (χ0n) is 15.3. The van der Waals surface area contributed by atoms with Gasteiger partial charge in [-0.1, -0.05) is 11.6 Å². The number of rotatable bonds is 6. The molecule has 0 saturated heterocycles. The fourth-order valence-corrected chi connectivity index (χ4v) is 3.04. The number of carbonyl (C=O) groups is 2. The number of anilines is 2. The van der Waals surface area contributed by atoms with Crippen molar-refractivity contribution in [1.29, 1.82) is 0 Å². The molecule has 3 rings (SSSR count). The van der Waals surface area contributed by atoms with Gasteiger partial charge in [0.25, 0.3) is 0 Å². The maximum absolute atomic E-state index is 13.2. The van der Waals surface area contributed by atoms with Gasteiger partial charge in [0.05, 0.1) is 34.9 Å². The number of carbonyl (C=O) groups excluding carboxylic acids is 2. The molecule has 1 aromatic carbocycles. The number of nitrogens with zero attached hydrogens (tertiary/aromatic N) is 1. The second-order valence-electron chi connectivity index (χ2n) is 6.93. The molecule has 1 heterocycles. The number of benzene rings is 1. The van der Waals surface area contributed by atoms with Crippen molar-refractivity contribution >= 4 is 34.8 Å². The number of halogens is 4. The Labute approximate surface area is 169 Å². The van der Waals surface area contributed by atoms with Gasteiger partial charge in [-0.25, -0.2) is 0 Å². The zero-order valence-corrected chi connectivity index (χ0v) is 16.1. The summed E-state index contributed by atoms with van der Waals surface area (Å²) in [4.78, 5) is 27.9. The number of aromatic nitrogens is 1. The highest BCUT2D eigenvalue weighted by Crippen LogP contribution is 2.46. The molecule has 1 unspecified atom stereocenters. The van der Waals surface area contributed by atoms with E-state index in [1.807, 2.05) is 0 Å². The summed E-state index contributed by atoms with van der Waals surface area (Å²) in [6.45, 7) is 1.69. The molecule has 154 valence electrons. The Bertz CT molecular complexity index is 943. The van der Waals surface area contributed by atoms with Crippen molar-refractivity contribution in [2.75, 3.05) is 5.32 Å². The van der Waals surface area contributed by atoms with Crippen LogP contribution in [0.3, 0.4) is 0 Å². The SMILES string of the molecule is CC(NC(=O)C1(C(N)=O)CC1)c1ccc(Nc2ccc(Cl)cc2C(F)(F)F)cn1. The molecule has 0 radical (unpaired) electrons. The van der Waals surface area contributed by atoms with Crippen LogP contribution in [0.5, 0.6) is 0 Å². The largest absolute Gasteiger partial charge is 0.418 e. The van der Waals surface area contributed by atoms with Crippen molar-refractivity contribution < 1.29 is 22.8 Å². The molecule has 1 aliphatic rings. The number of nitrogens with one attached hydrogen (secondary N) is 2. The molecule has 1 aliphatic carbocycles. The van der Waals surface area contributed by atoms with Crippen LogP contribution in [0.25, 0.3) is 0 Å². The van der Waals surface area contributed by atoms with Gasteiger partial charge in [0.15, 0.2) is 0 Å². The average molecular weight is 427 g/mol. The highest BCUT2D eigenvalue weighted by molar-refractivity contribution is 6.30. The van der Waals surface area contributed by atoms with Gasteiger partial charge in [-0.2, -0.15) is 13.2 Å². The normalized spacial score (nSPS) is 16.0. The highest BCUT2D eigenvalue weighted by Gasteiger charge is 2.55. The Morgan fingerprint density at radius 1 is 1.24 bits per heavy atom. The van der Waals surface area contributed by atoms with E-state index in [0.29, 0.717) is 24.2 Å². The number of alkyl halides is 3. The monoisotopic (exact) mass is 426 g/mol. The number of primary amides is 1. The molecule has 29 heavy (non-hydrogen) atoms.